The van der Waals surface area contributed by atoms with Gasteiger partial charge in [-0.3, -0.25) is 4.79 Å². The summed E-state index contributed by atoms with van der Waals surface area (Å²) in [6, 6.07) is 16.5. The standard InChI is InChI=1S/C24H29ClN2O/c1-18(19-6-8-21(25)9-7-19)23(28)26-14-17-27-15-12-24(13-16-27)11-10-20-4-2-3-5-22(20)24/h2-9,18H,10-17H2,1H3,(H,26,28). The van der Waals surface area contributed by atoms with Crippen molar-refractivity contribution >= 4 is 17.5 Å². The van der Waals surface area contributed by atoms with Crippen LogP contribution in [0.15, 0.2) is 48.5 Å². The minimum absolute atomic E-state index is 0.0838. The number of hydrogen-bond donors (Lipinski definition) is 1. The molecule has 1 amide bonds. The van der Waals surface area contributed by atoms with E-state index in [-0.39, 0.29) is 11.8 Å². The van der Waals surface area contributed by atoms with Crippen LogP contribution in [-0.2, 0) is 16.6 Å². The number of benzene rings is 2. The van der Waals surface area contributed by atoms with Gasteiger partial charge in [0.1, 0.15) is 0 Å². The van der Waals surface area contributed by atoms with Crippen molar-refractivity contribution in [3.63, 3.8) is 0 Å². The Morgan fingerprint density at radius 3 is 2.57 bits per heavy atom. The smallest absolute Gasteiger partial charge is 0.227 e. The van der Waals surface area contributed by atoms with E-state index in [4.69, 9.17) is 11.6 Å². The largest absolute Gasteiger partial charge is 0.354 e. The molecule has 148 valence electrons. The second-order valence-electron chi connectivity index (χ2n) is 8.34. The summed E-state index contributed by atoms with van der Waals surface area (Å²) < 4.78 is 0. The number of piperidine rings is 1. The molecular formula is C24H29ClN2O. The predicted octanol–water partition coefficient (Wildman–Crippen LogP) is 4.54. The molecule has 2 aliphatic rings. The summed E-state index contributed by atoms with van der Waals surface area (Å²) in [5.74, 6) is -0.0718. The molecule has 1 fully saturated rings. The number of nitrogens with zero attached hydrogens (tertiary/aromatic N) is 1. The fraction of sp³-hybridized carbons (Fsp3) is 0.458. The van der Waals surface area contributed by atoms with E-state index in [2.05, 4.69) is 34.5 Å². The third-order valence-electron chi connectivity index (χ3n) is 6.77. The number of nitrogens with one attached hydrogen (secondary N) is 1. The zero-order chi connectivity index (χ0) is 19.6. The molecule has 0 radical (unpaired) electrons. The first-order valence-corrected chi connectivity index (χ1v) is 10.8. The van der Waals surface area contributed by atoms with Crippen LogP contribution in [0.5, 0.6) is 0 Å². The lowest BCUT2D eigenvalue weighted by Crippen LogP contribution is -2.44. The number of rotatable bonds is 5. The molecular weight excluding hydrogens is 368 g/mol. The summed E-state index contributed by atoms with van der Waals surface area (Å²) in [4.78, 5) is 14.9. The van der Waals surface area contributed by atoms with Crippen LogP contribution in [0.25, 0.3) is 0 Å². The summed E-state index contributed by atoms with van der Waals surface area (Å²) in [6.07, 6.45) is 5.00. The lowest BCUT2D eigenvalue weighted by atomic mass is 9.74. The van der Waals surface area contributed by atoms with Gasteiger partial charge in [0.25, 0.3) is 0 Å². The summed E-state index contributed by atoms with van der Waals surface area (Å²) in [7, 11) is 0. The highest BCUT2D eigenvalue weighted by molar-refractivity contribution is 6.30. The molecule has 1 aliphatic carbocycles. The van der Waals surface area contributed by atoms with Crippen molar-refractivity contribution in [2.75, 3.05) is 26.2 Å². The van der Waals surface area contributed by atoms with E-state index < -0.39 is 0 Å². The monoisotopic (exact) mass is 396 g/mol. The highest BCUT2D eigenvalue weighted by Crippen LogP contribution is 2.45. The molecule has 0 aromatic heterocycles. The van der Waals surface area contributed by atoms with E-state index in [1.165, 1.54) is 25.7 Å². The second-order valence-corrected chi connectivity index (χ2v) is 8.78. The van der Waals surface area contributed by atoms with E-state index in [1.54, 1.807) is 11.1 Å². The Morgan fingerprint density at radius 1 is 1.11 bits per heavy atom. The van der Waals surface area contributed by atoms with Gasteiger partial charge in [-0.25, -0.2) is 0 Å². The van der Waals surface area contributed by atoms with Gasteiger partial charge in [0.05, 0.1) is 5.92 Å². The Labute approximate surface area is 173 Å². The quantitative estimate of drug-likeness (QED) is 0.804. The topological polar surface area (TPSA) is 32.3 Å². The molecule has 1 saturated heterocycles. The van der Waals surface area contributed by atoms with Gasteiger partial charge in [-0.1, -0.05) is 48.0 Å². The maximum absolute atomic E-state index is 12.4. The third-order valence-corrected chi connectivity index (χ3v) is 7.02. The van der Waals surface area contributed by atoms with Crippen molar-refractivity contribution in [1.29, 1.82) is 0 Å². The highest BCUT2D eigenvalue weighted by atomic mass is 35.5. The molecule has 4 rings (SSSR count). The van der Waals surface area contributed by atoms with E-state index in [0.29, 0.717) is 17.0 Å². The van der Waals surface area contributed by atoms with E-state index in [9.17, 15) is 4.79 Å². The van der Waals surface area contributed by atoms with Gasteiger partial charge in [-0.05, 0) is 79.9 Å². The van der Waals surface area contributed by atoms with Crippen molar-refractivity contribution in [3.05, 3.63) is 70.2 Å². The molecule has 2 aromatic carbocycles. The number of hydrogen-bond acceptors (Lipinski definition) is 2. The van der Waals surface area contributed by atoms with Crippen molar-refractivity contribution in [1.82, 2.24) is 10.2 Å². The average Bonchev–Trinajstić information content (AvgIpc) is 3.08. The summed E-state index contributed by atoms with van der Waals surface area (Å²) in [6.45, 7) is 5.83. The molecule has 1 heterocycles. The first-order chi connectivity index (χ1) is 13.6. The van der Waals surface area contributed by atoms with Gasteiger partial charge in [-0.2, -0.15) is 0 Å². The van der Waals surface area contributed by atoms with Crippen LogP contribution in [-0.4, -0.2) is 37.0 Å². The van der Waals surface area contributed by atoms with Crippen LogP contribution >= 0.6 is 11.6 Å². The Hall–Kier alpha value is -1.84. The number of amides is 1. The van der Waals surface area contributed by atoms with Crippen LogP contribution in [0, 0.1) is 0 Å². The van der Waals surface area contributed by atoms with Gasteiger partial charge < -0.3 is 10.2 Å². The van der Waals surface area contributed by atoms with Crippen molar-refractivity contribution in [2.24, 2.45) is 0 Å². The molecule has 0 saturated carbocycles. The number of aryl methyl sites for hydroxylation is 1. The first kappa shape index (κ1) is 19.5. The minimum Gasteiger partial charge on any atom is -0.354 e. The predicted molar refractivity (Wildman–Crippen MR) is 115 cm³/mol. The summed E-state index contributed by atoms with van der Waals surface area (Å²) in [5, 5.41) is 3.80. The Bertz CT molecular complexity index is 825. The molecule has 1 spiro atoms. The molecule has 0 bridgehead atoms. The fourth-order valence-corrected chi connectivity index (χ4v) is 5.01. The summed E-state index contributed by atoms with van der Waals surface area (Å²) >= 11 is 5.93. The Balaban J connectivity index is 1.24. The lowest BCUT2D eigenvalue weighted by Gasteiger charge is -2.40. The fourth-order valence-electron chi connectivity index (χ4n) is 4.88. The van der Waals surface area contributed by atoms with E-state index in [1.807, 2.05) is 31.2 Å². The maximum Gasteiger partial charge on any atom is 0.227 e. The zero-order valence-electron chi connectivity index (χ0n) is 16.6. The molecule has 1 aliphatic heterocycles. The SMILES string of the molecule is CC(C(=O)NCCN1CCC2(CCc3ccccc32)CC1)c1ccc(Cl)cc1. The van der Waals surface area contributed by atoms with Gasteiger partial charge in [0, 0.05) is 18.1 Å². The molecule has 3 nitrogen and oxygen atoms in total. The zero-order valence-corrected chi connectivity index (χ0v) is 17.3. The van der Waals surface area contributed by atoms with E-state index in [0.717, 1.165) is 25.2 Å². The normalized spacial score (nSPS) is 19.4. The second kappa shape index (κ2) is 8.26. The van der Waals surface area contributed by atoms with Gasteiger partial charge in [0.15, 0.2) is 0 Å². The maximum atomic E-state index is 12.4. The van der Waals surface area contributed by atoms with Crippen molar-refractivity contribution in [2.45, 2.75) is 43.9 Å². The van der Waals surface area contributed by atoms with Crippen LogP contribution in [0.2, 0.25) is 5.02 Å². The van der Waals surface area contributed by atoms with Crippen molar-refractivity contribution < 1.29 is 4.79 Å². The van der Waals surface area contributed by atoms with Crippen LogP contribution < -0.4 is 5.32 Å². The highest BCUT2D eigenvalue weighted by Gasteiger charge is 2.40. The molecule has 4 heteroatoms. The molecule has 1 atom stereocenters. The Morgan fingerprint density at radius 2 is 1.82 bits per heavy atom. The van der Waals surface area contributed by atoms with E-state index >= 15 is 0 Å². The minimum atomic E-state index is -0.156. The first-order valence-electron chi connectivity index (χ1n) is 10.4. The molecule has 28 heavy (non-hydrogen) atoms. The van der Waals surface area contributed by atoms with Gasteiger partial charge in [-0.15, -0.1) is 0 Å². The van der Waals surface area contributed by atoms with Crippen LogP contribution in [0.3, 0.4) is 0 Å². The molecule has 1 N–H and O–H groups in total. The van der Waals surface area contributed by atoms with Gasteiger partial charge in [0.2, 0.25) is 5.91 Å². The number of halogens is 1. The van der Waals surface area contributed by atoms with Gasteiger partial charge >= 0.3 is 0 Å². The number of carbonyl (C=O) groups is 1. The summed E-state index contributed by atoms with van der Waals surface area (Å²) in [5.41, 5.74) is 4.56. The van der Waals surface area contributed by atoms with Crippen LogP contribution in [0.1, 0.15) is 48.8 Å². The molecule has 1 unspecified atom stereocenters. The average molecular weight is 397 g/mol. The number of fused-ring (bicyclic) bond motifs is 2. The number of carbonyl (C=O) groups excluding carboxylic acids is 1. The third kappa shape index (κ3) is 3.97. The van der Waals surface area contributed by atoms with Crippen LogP contribution in [0.4, 0.5) is 0 Å². The number of likely N-dealkylation sites (tertiary alicyclic amines) is 1. The molecule has 2 aromatic rings. The van der Waals surface area contributed by atoms with Crippen molar-refractivity contribution in [3.8, 4) is 0 Å². The lowest BCUT2D eigenvalue weighted by molar-refractivity contribution is -0.122. The Kier molecular flexibility index (Phi) is 5.75.